The predicted molar refractivity (Wildman–Crippen MR) is 62.4 cm³/mol. The Morgan fingerprint density at radius 2 is 2.00 bits per heavy atom. The average Bonchev–Trinajstić information content (AvgIpc) is 2.70. The molecule has 0 amide bonds. The molecule has 16 heavy (non-hydrogen) atoms. The van der Waals surface area contributed by atoms with Crippen molar-refractivity contribution in [3.63, 3.8) is 0 Å². The third kappa shape index (κ3) is 2.70. The Hall–Kier alpha value is -1.16. The molecule has 1 aliphatic heterocycles. The molecule has 0 aromatic carbocycles. The fourth-order valence-corrected chi connectivity index (χ4v) is 1.68. The van der Waals surface area contributed by atoms with Crippen LogP contribution in [0.15, 0.2) is 12.4 Å². The standard InChI is InChI=1S/C12H19N3O/c1-12(2,3)11-14-7-9(8-15-11)16-10-5-4-6-13-10/h7-8,10,13H,4-6H2,1-3H3. The second kappa shape index (κ2) is 4.37. The molecule has 1 aromatic rings. The largest absolute Gasteiger partial charge is 0.472 e. The Kier molecular flexibility index (Phi) is 3.10. The van der Waals surface area contributed by atoms with Gasteiger partial charge in [0.2, 0.25) is 0 Å². The second-order valence-electron chi connectivity index (χ2n) is 5.20. The Balaban J connectivity index is 2.01. The third-order valence-electron chi connectivity index (χ3n) is 2.59. The van der Waals surface area contributed by atoms with Crippen molar-refractivity contribution >= 4 is 0 Å². The molecule has 4 nitrogen and oxygen atoms in total. The van der Waals surface area contributed by atoms with Gasteiger partial charge in [-0.25, -0.2) is 9.97 Å². The monoisotopic (exact) mass is 221 g/mol. The zero-order valence-electron chi connectivity index (χ0n) is 10.2. The lowest BCUT2D eigenvalue weighted by molar-refractivity contribution is 0.185. The summed E-state index contributed by atoms with van der Waals surface area (Å²) >= 11 is 0. The molecular weight excluding hydrogens is 202 g/mol. The molecule has 1 aromatic heterocycles. The fourth-order valence-electron chi connectivity index (χ4n) is 1.68. The van der Waals surface area contributed by atoms with E-state index in [1.807, 2.05) is 0 Å². The molecule has 88 valence electrons. The SMILES string of the molecule is CC(C)(C)c1ncc(OC2CCCN2)cn1. The molecule has 0 bridgehead atoms. The van der Waals surface area contributed by atoms with Crippen molar-refractivity contribution in [1.82, 2.24) is 15.3 Å². The number of hydrogen-bond donors (Lipinski definition) is 1. The van der Waals surface area contributed by atoms with E-state index in [9.17, 15) is 0 Å². The van der Waals surface area contributed by atoms with Gasteiger partial charge in [0.1, 0.15) is 12.1 Å². The molecule has 1 fully saturated rings. The maximum atomic E-state index is 5.71. The highest BCUT2D eigenvalue weighted by Gasteiger charge is 2.18. The molecule has 0 saturated carbocycles. The first-order valence-electron chi connectivity index (χ1n) is 5.78. The lowest BCUT2D eigenvalue weighted by Crippen LogP contribution is -2.27. The summed E-state index contributed by atoms with van der Waals surface area (Å²) in [7, 11) is 0. The van der Waals surface area contributed by atoms with Gasteiger partial charge < -0.3 is 4.74 Å². The van der Waals surface area contributed by atoms with Crippen LogP contribution in [-0.2, 0) is 5.41 Å². The summed E-state index contributed by atoms with van der Waals surface area (Å²) in [6.07, 6.45) is 5.87. The van der Waals surface area contributed by atoms with Gasteiger partial charge in [0.25, 0.3) is 0 Å². The van der Waals surface area contributed by atoms with Crippen LogP contribution < -0.4 is 10.1 Å². The lowest BCUT2D eigenvalue weighted by atomic mass is 9.96. The molecule has 0 radical (unpaired) electrons. The van der Waals surface area contributed by atoms with Gasteiger partial charge in [0, 0.05) is 5.41 Å². The van der Waals surface area contributed by atoms with Crippen LogP contribution in [0.3, 0.4) is 0 Å². The van der Waals surface area contributed by atoms with Crippen LogP contribution in [-0.4, -0.2) is 22.7 Å². The Morgan fingerprint density at radius 1 is 1.31 bits per heavy atom. The van der Waals surface area contributed by atoms with Crippen LogP contribution in [0.5, 0.6) is 5.75 Å². The molecule has 2 rings (SSSR count). The minimum Gasteiger partial charge on any atom is -0.472 e. The number of aromatic nitrogens is 2. The number of hydrogen-bond acceptors (Lipinski definition) is 4. The van der Waals surface area contributed by atoms with Crippen LogP contribution in [0.4, 0.5) is 0 Å². The van der Waals surface area contributed by atoms with E-state index in [2.05, 4.69) is 36.1 Å². The van der Waals surface area contributed by atoms with Crippen LogP contribution in [0.25, 0.3) is 0 Å². The highest BCUT2D eigenvalue weighted by atomic mass is 16.5. The Bertz CT molecular complexity index is 336. The third-order valence-corrected chi connectivity index (χ3v) is 2.59. The summed E-state index contributed by atoms with van der Waals surface area (Å²) < 4.78 is 5.71. The Labute approximate surface area is 96.4 Å². The van der Waals surface area contributed by atoms with Crippen LogP contribution in [0.2, 0.25) is 0 Å². The zero-order valence-corrected chi connectivity index (χ0v) is 10.2. The van der Waals surface area contributed by atoms with Crippen molar-refractivity contribution in [3.8, 4) is 5.75 Å². The maximum Gasteiger partial charge on any atom is 0.158 e. The van der Waals surface area contributed by atoms with Gasteiger partial charge in [-0.1, -0.05) is 20.8 Å². The fraction of sp³-hybridized carbons (Fsp3) is 0.667. The molecule has 1 saturated heterocycles. The van der Waals surface area contributed by atoms with E-state index in [0.29, 0.717) is 0 Å². The van der Waals surface area contributed by atoms with Gasteiger partial charge in [-0.3, -0.25) is 5.32 Å². The number of nitrogens with one attached hydrogen (secondary N) is 1. The minimum atomic E-state index is -0.00978. The normalized spacial score (nSPS) is 21.1. The van der Waals surface area contributed by atoms with E-state index >= 15 is 0 Å². The van der Waals surface area contributed by atoms with Crippen molar-refractivity contribution in [3.05, 3.63) is 18.2 Å². The van der Waals surface area contributed by atoms with E-state index in [4.69, 9.17) is 4.74 Å². The van der Waals surface area contributed by atoms with E-state index < -0.39 is 0 Å². The summed E-state index contributed by atoms with van der Waals surface area (Å²) in [4.78, 5) is 8.66. The molecule has 0 aliphatic carbocycles. The predicted octanol–water partition coefficient (Wildman–Crippen LogP) is 1.86. The minimum absolute atomic E-state index is 0.00978. The van der Waals surface area contributed by atoms with Gasteiger partial charge >= 0.3 is 0 Å². The van der Waals surface area contributed by atoms with Gasteiger partial charge in [0.15, 0.2) is 5.75 Å². The van der Waals surface area contributed by atoms with Gasteiger partial charge in [0.05, 0.1) is 12.4 Å². The topological polar surface area (TPSA) is 47.0 Å². The van der Waals surface area contributed by atoms with Gasteiger partial charge in [-0.15, -0.1) is 0 Å². The van der Waals surface area contributed by atoms with Gasteiger partial charge in [-0.05, 0) is 19.4 Å². The first-order chi connectivity index (χ1) is 7.55. The molecule has 1 N–H and O–H groups in total. The molecule has 1 unspecified atom stereocenters. The zero-order chi connectivity index (χ0) is 11.6. The van der Waals surface area contributed by atoms with E-state index in [-0.39, 0.29) is 11.6 Å². The van der Waals surface area contributed by atoms with Crippen molar-refractivity contribution in [2.24, 2.45) is 0 Å². The van der Waals surface area contributed by atoms with Crippen molar-refractivity contribution in [2.75, 3.05) is 6.54 Å². The maximum absolute atomic E-state index is 5.71. The summed E-state index contributed by atoms with van der Waals surface area (Å²) in [5.74, 6) is 1.59. The van der Waals surface area contributed by atoms with Crippen molar-refractivity contribution in [1.29, 1.82) is 0 Å². The van der Waals surface area contributed by atoms with Crippen molar-refractivity contribution in [2.45, 2.75) is 45.3 Å². The van der Waals surface area contributed by atoms with Gasteiger partial charge in [-0.2, -0.15) is 0 Å². The van der Waals surface area contributed by atoms with Crippen LogP contribution >= 0.6 is 0 Å². The van der Waals surface area contributed by atoms with E-state index in [1.54, 1.807) is 12.4 Å². The molecule has 1 aliphatic rings. The molecule has 4 heteroatoms. The number of ether oxygens (including phenoxy) is 1. The highest BCUT2D eigenvalue weighted by molar-refractivity contribution is 5.15. The van der Waals surface area contributed by atoms with Crippen molar-refractivity contribution < 1.29 is 4.74 Å². The summed E-state index contributed by atoms with van der Waals surface area (Å²) in [6.45, 7) is 7.33. The average molecular weight is 221 g/mol. The smallest absolute Gasteiger partial charge is 0.158 e. The van der Waals surface area contributed by atoms with E-state index in [1.165, 1.54) is 6.42 Å². The quantitative estimate of drug-likeness (QED) is 0.828. The Morgan fingerprint density at radius 3 is 2.50 bits per heavy atom. The summed E-state index contributed by atoms with van der Waals surface area (Å²) in [5.41, 5.74) is -0.00978. The summed E-state index contributed by atoms with van der Waals surface area (Å²) in [5, 5.41) is 3.27. The first-order valence-corrected chi connectivity index (χ1v) is 5.78. The number of nitrogens with zero attached hydrogens (tertiary/aromatic N) is 2. The van der Waals surface area contributed by atoms with Crippen LogP contribution in [0, 0.1) is 0 Å². The van der Waals surface area contributed by atoms with E-state index in [0.717, 1.165) is 24.5 Å². The molecule has 0 spiro atoms. The lowest BCUT2D eigenvalue weighted by Gasteiger charge is -2.17. The molecular formula is C12H19N3O. The first kappa shape index (κ1) is 11.3. The molecule has 2 heterocycles. The molecule has 1 atom stereocenters. The second-order valence-corrected chi connectivity index (χ2v) is 5.20. The summed E-state index contributed by atoms with van der Waals surface area (Å²) in [6, 6.07) is 0. The highest BCUT2D eigenvalue weighted by Crippen LogP contribution is 2.20. The number of rotatable bonds is 2. The van der Waals surface area contributed by atoms with Crippen LogP contribution in [0.1, 0.15) is 39.4 Å².